The molecule has 2 aromatic heterocycles. The average molecular weight is 440 g/mol. The van der Waals surface area contributed by atoms with Gasteiger partial charge in [-0.15, -0.1) is 15.3 Å². The molecule has 2 aromatic carbocycles. The third-order valence-corrected chi connectivity index (χ3v) is 6.00. The standard InChI is InChI=1S/C19H17N7O2S2/c1-13-2-4-14(5-3-13)11-29-19-23-22-18(30-19)21-17(27)10-28-16-8-6-15(7-9-16)26-12-20-24-25-26/h2-9,12H,10-11H2,1H3,(H,21,22,27). The second-order valence-corrected chi connectivity index (χ2v) is 8.43. The minimum absolute atomic E-state index is 0.129. The number of carbonyl (C=O) groups is 1. The molecule has 9 nitrogen and oxygen atoms in total. The summed E-state index contributed by atoms with van der Waals surface area (Å²) in [6.07, 6.45) is 1.50. The van der Waals surface area contributed by atoms with E-state index < -0.39 is 0 Å². The number of aryl methyl sites for hydroxylation is 1. The summed E-state index contributed by atoms with van der Waals surface area (Å²) in [5, 5.41) is 22.3. The van der Waals surface area contributed by atoms with Crippen LogP contribution in [0, 0.1) is 6.92 Å². The Balaban J connectivity index is 1.24. The predicted molar refractivity (Wildman–Crippen MR) is 114 cm³/mol. The van der Waals surface area contributed by atoms with Crippen molar-refractivity contribution in [3.05, 3.63) is 66.0 Å². The number of carbonyl (C=O) groups excluding carboxylic acids is 1. The lowest BCUT2D eigenvalue weighted by molar-refractivity contribution is -0.118. The fourth-order valence-electron chi connectivity index (χ4n) is 2.43. The average Bonchev–Trinajstić information content (AvgIpc) is 3.45. The Morgan fingerprint density at radius 3 is 2.67 bits per heavy atom. The summed E-state index contributed by atoms with van der Waals surface area (Å²) in [4.78, 5) is 12.1. The number of hydrogen-bond acceptors (Lipinski definition) is 9. The molecular formula is C19H17N7O2S2. The van der Waals surface area contributed by atoms with Crippen LogP contribution in [0.5, 0.6) is 5.75 Å². The molecule has 1 amide bonds. The normalized spacial score (nSPS) is 10.7. The lowest BCUT2D eigenvalue weighted by Crippen LogP contribution is -2.20. The van der Waals surface area contributed by atoms with Crippen LogP contribution in [0.3, 0.4) is 0 Å². The number of nitrogens with one attached hydrogen (secondary N) is 1. The molecule has 30 heavy (non-hydrogen) atoms. The summed E-state index contributed by atoms with van der Waals surface area (Å²) in [6, 6.07) is 15.4. The van der Waals surface area contributed by atoms with E-state index in [0.717, 1.165) is 15.8 Å². The number of aromatic nitrogens is 6. The molecule has 0 atom stereocenters. The zero-order valence-electron chi connectivity index (χ0n) is 15.9. The molecule has 152 valence electrons. The first-order chi connectivity index (χ1) is 14.7. The van der Waals surface area contributed by atoms with Gasteiger partial charge in [0, 0.05) is 5.75 Å². The van der Waals surface area contributed by atoms with Gasteiger partial charge in [-0.1, -0.05) is 52.9 Å². The molecule has 0 spiro atoms. The molecule has 4 aromatic rings. The molecule has 0 aliphatic heterocycles. The van der Waals surface area contributed by atoms with Gasteiger partial charge in [0.25, 0.3) is 5.91 Å². The molecule has 11 heteroatoms. The molecule has 1 N–H and O–H groups in total. The zero-order valence-corrected chi connectivity index (χ0v) is 17.6. The van der Waals surface area contributed by atoms with Crippen LogP contribution >= 0.6 is 23.1 Å². The quantitative estimate of drug-likeness (QED) is 0.330. The Morgan fingerprint density at radius 2 is 1.93 bits per heavy atom. The molecule has 0 saturated carbocycles. The number of rotatable bonds is 8. The predicted octanol–water partition coefficient (Wildman–Crippen LogP) is 3.13. The van der Waals surface area contributed by atoms with Crippen molar-refractivity contribution in [3.8, 4) is 11.4 Å². The van der Waals surface area contributed by atoms with Crippen LogP contribution in [0.15, 0.2) is 59.2 Å². The van der Waals surface area contributed by atoms with E-state index in [-0.39, 0.29) is 12.5 Å². The summed E-state index contributed by atoms with van der Waals surface area (Å²) in [5.74, 6) is 1.06. The van der Waals surface area contributed by atoms with E-state index in [1.54, 1.807) is 36.0 Å². The number of nitrogens with zero attached hydrogens (tertiary/aromatic N) is 6. The third-order valence-electron chi connectivity index (χ3n) is 3.96. The second-order valence-electron chi connectivity index (χ2n) is 6.23. The van der Waals surface area contributed by atoms with Crippen LogP contribution in [0.2, 0.25) is 0 Å². The molecule has 2 heterocycles. The molecule has 0 fully saturated rings. The number of ether oxygens (including phenoxy) is 1. The van der Waals surface area contributed by atoms with Crippen LogP contribution in [-0.2, 0) is 10.5 Å². The maximum Gasteiger partial charge on any atom is 0.264 e. The van der Waals surface area contributed by atoms with Crippen LogP contribution in [0.1, 0.15) is 11.1 Å². The van der Waals surface area contributed by atoms with E-state index in [1.165, 1.54) is 33.5 Å². The first-order valence-corrected chi connectivity index (χ1v) is 10.7. The number of anilines is 1. The lowest BCUT2D eigenvalue weighted by Gasteiger charge is -2.06. The fourth-order valence-corrected chi connectivity index (χ4v) is 4.15. The second kappa shape index (κ2) is 9.46. The van der Waals surface area contributed by atoms with Crippen molar-refractivity contribution in [2.24, 2.45) is 0 Å². The van der Waals surface area contributed by atoms with Crippen molar-refractivity contribution in [2.75, 3.05) is 11.9 Å². The van der Waals surface area contributed by atoms with Gasteiger partial charge in [-0.2, -0.15) is 0 Å². The fraction of sp³-hybridized carbons (Fsp3) is 0.158. The highest BCUT2D eigenvalue weighted by Gasteiger charge is 2.10. The Bertz CT molecular complexity index is 1100. The number of hydrogen-bond donors (Lipinski definition) is 1. The molecule has 0 aliphatic carbocycles. The van der Waals surface area contributed by atoms with E-state index >= 15 is 0 Å². The third kappa shape index (κ3) is 5.39. The number of tetrazole rings is 1. The highest BCUT2D eigenvalue weighted by Crippen LogP contribution is 2.28. The number of thioether (sulfide) groups is 1. The first kappa shape index (κ1) is 20.0. The van der Waals surface area contributed by atoms with Gasteiger partial charge in [-0.3, -0.25) is 10.1 Å². The summed E-state index contributed by atoms with van der Waals surface area (Å²) >= 11 is 2.92. The van der Waals surface area contributed by atoms with Gasteiger partial charge >= 0.3 is 0 Å². The lowest BCUT2D eigenvalue weighted by atomic mass is 10.2. The van der Waals surface area contributed by atoms with Crippen LogP contribution in [0.25, 0.3) is 5.69 Å². The van der Waals surface area contributed by atoms with E-state index in [1.807, 2.05) is 0 Å². The minimum atomic E-state index is -0.300. The van der Waals surface area contributed by atoms with Gasteiger partial charge in [0.2, 0.25) is 5.13 Å². The highest BCUT2D eigenvalue weighted by atomic mass is 32.2. The Labute approximate surface area is 180 Å². The van der Waals surface area contributed by atoms with E-state index in [9.17, 15) is 4.79 Å². The molecule has 0 radical (unpaired) electrons. The van der Waals surface area contributed by atoms with Crippen LogP contribution in [0.4, 0.5) is 5.13 Å². The van der Waals surface area contributed by atoms with Crippen molar-refractivity contribution in [3.63, 3.8) is 0 Å². The molecular weight excluding hydrogens is 422 g/mol. The smallest absolute Gasteiger partial charge is 0.264 e. The molecule has 0 bridgehead atoms. The largest absolute Gasteiger partial charge is 0.484 e. The van der Waals surface area contributed by atoms with Crippen molar-refractivity contribution in [2.45, 2.75) is 17.0 Å². The Kier molecular flexibility index (Phi) is 6.30. The molecule has 0 saturated heterocycles. The minimum Gasteiger partial charge on any atom is -0.484 e. The SMILES string of the molecule is Cc1ccc(CSc2nnc(NC(=O)COc3ccc(-n4cnnn4)cc3)s2)cc1. The zero-order chi connectivity index (χ0) is 20.8. The van der Waals surface area contributed by atoms with Crippen LogP contribution < -0.4 is 10.1 Å². The monoisotopic (exact) mass is 439 g/mol. The van der Waals surface area contributed by atoms with Gasteiger partial charge in [-0.05, 0) is 47.2 Å². The van der Waals surface area contributed by atoms with E-state index in [4.69, 9.17) is 4.74 Å². The topological polar surface area (TPSA) is 108 Å². The maximum absolute atomic E-state index is 12.1. The summed E-state index contributed by atoms with van der Waals surface area (Å²) < 4.78 is 7.84. The van der Waals surface area contributed by atoms with Gasteiger partial charge in [0.1, 0.15) is 12.1 Å². The number of benzene rings is 2. The maximum atomic E-state index is 12.1. The number of amides is 1. The van der Waals surface area contributed by atoms with Crippen molar-refractivity contribution >= 4 is 34.1 Å². The van der Waals surface area contributed by atoms with Gasteiger partial charge in [0.05, 0.1) is 5.69 Å². The van der Waals surface area contributed by atoms with Crippen LogP contribution in [-0.4, -0.2) is 42.9 Å². The van der Waals surface area contributed by atoms with Gasteiger partial charge in [-0.25, -0.2) is 4.68 Å². The van der Waals surface area contributed by atoms with Crippen molar-refractivity contribution < 1.29 is 9.53 Å². The van der Waals surface area contributed by atoms with E-state index in [2.05, 4.69) is 62.2 Å². The Morgan fingerprint density at radius 1 is 1.13 bits per heavy atom. The van der Waals surface area contributed by atoms with Crippen molar-refractivity contribution in [1.29, 1.82) is 0 Å². The van der Waals surface area contributed by atoms with E-state index in [0.29, 0.717) is 10.9 Å². The highest BCUT2D eigenvalue weighted by molar-refractivity contribution is 8.00. The summed E-state index contributed by atoms with van der Waals surface area (Å²) in [6.45, 7) is 1.93. The summed E-state index contributed by atoms with van der Waals surface area (Å²) in [7, 11) is 0. The van der Waals surface area contributed by atoms with Crippen molar-refractivity contribution in [1.82, 2.24) is 30.4 Å². The van der Waals surface area contributed by atoms with Gasteiger partial charge < -0.3 is 4.74 Å². The molecule has 0 aliphatic rings. The molecule has 4 rings (SSSR count). The Hall–Kier alpha value is -3.31. The summed E-state index contributed by atoms with van der Waals surface area (Å²) in [5.41, 5.74) is 3.24. The first-order valence-electron chi connectivity index (χ1n) is 8.94. The van der Waals surface area contributed by atoms with Gasteiger partial charge in [0.15, 0.2) is 10.9 Å². The molecule has 0 unspecified atom stereocenters.